The number of nitrogens with zero attached hydrogens (tertiary/aromatic N) is 2. The molecule has 1 aliphatic heterocycles. The first-order valence-corrected chi connectivity index (χ1v) is 12.9. The van der Waals surface area contributed by atoms with Gasteiger partial charge >= 0.3 is 0 Å². The van der Waals surface area contributed by atoms with Crippen LogP contribution in [0.2, 0.25) is 0 Å². The molecule has 2 heterocycles. The average Bonchev–Trinajstić information content (AvgIpc) is 3.39. The van der Waals surface area contributed by atoms with Gasteiger partial charge in [0.25, 0.3) is 5.91 Å². The minimum absolute atomic E-state index is 0.0467. The molecule has 0 unspecified atom stereocenters. The van der Waals surface area contributed by atoms with Crippen LogP contribution in [0.5, 0.6) is 5.75 Å². The van der Waals surface area contributed by atoms with E-state index in [0.717, 1.165) is 28.1 Å². The van der Waals surface area contributed by atoms with Gasteiger partial charge in [0.15, 0.2) is 15.5 Å². The summed E-state index contributed by atoms with van der Waals surface area (Å²) in [7, 11) is -1.46. The minimum atomic E-state index is -3.09. The van der Waals surface area contributed by atoms with Gasteiger partial charge in [0, 0.05) is 12.1 Å². The Hall–Kier alpha value is -3.13. The van der Waals surface area contributed by atoms with Crippen LogP contribution in [0.3, 0.4) is 0 Å². The van der Waals surface area contributed by atoms with Gasteiger partial charge < -0.3 is 10.1 Å². The number of rotatable bonds is 7. The Morgan fingerprint density at radius 1 is 1.12 bits per heavy atom. The van der Waals surface area contributed by atoms with E-state index >= 15 is 0 Å². The van der Waals surface area contributed by atoms with Gasteiger partial charge in [-0.25, -0.2) is 8.42 Å². The second kappa shape index (κ2) is 9.39. The number of benzene rings is 2. The van der Waals surface area contributed by atoms with Crippen molar-refractivity contribution in [3.63, 3.8) is 0 Å². The molecule has 1 saturated heterocycles. The van der Waals surface area contributed by atoms with E-state index in [0.29, 0.717) is 25.1 Å². The van der Waals surface area contributed by atoms with E-state index in [4.69, 9.17) is 4.74 Å². The predicted octanol–water partition coefficient (Wildman–Crippen LogP) is 3.51. The zero-order valence-corrected chi connectivity index (χ0v) is 20.0. The van der Waals surface area contributed by atoms with Gasteiger partial charge in [-0.05, 0) is 67.6 Å². The number of aromatic nitrogens is 2. The summed E-state index contributed by atoms with van der Waals surface area (Å²) in [6.07, 6.45) is 1.18. The number of hydrogen-bond acceptors (Lipinski definition) is 5. The highest BCUT2D eigenvalue weighted by molar-refractivity contribution is 7.91. The highest BCUT2D eigenvalue weighted by Gasteiger charge is 2.32. The number of carbonyl (C=O) groups excluding carboxylic acids is 1. The van der Waals surface area contributed by atoms with Crippen LogP contribution >= 0.6 is 0 Å². The second-order valence-corrected chi connectivity index (χ2v) is 10.8. The first-order valence-electron chi connectivity index (χ1n) is 11.0. The van der Waals surface area contributed by atoms with E-state index in [1.807, 2.05) is 50.2 Å². The van der Waals surface area contributed by atoms with Gasteiger partial charge in [-0.1, -0.05) is 24.3 Å². The number of hydrogen-bond donors (Lipinski definition) is 1. The van der Waals surface area contributed by atoms with Crippen molar-refractivity contribution < 1.29 is 17.9 Å². The second-order valence-electron chi connectivity index (χ2n) is 8.57. The van der Waals surface area contributed by atoms with Gasteiger partial charge in [0.1, 0.15) is 5.75 Å². The zero-order valence-electron chi connectivity index (χ0n) is 19.2. The molecule has 33 heavy (non-hydrogen) atoms. The van der Waals surface area contributed by atoms with Crippen molar-refractivity contribution in [1.82, 2.24) is 15.1 Å². The standard InChI is InChI=1S/C25H29N3O4S/c1-17-4-7-20(14-18(17)2)24-15-23(27-28(24)21-11-13-33(30,31)16-21)25(29)26-12-10-19-5-8-22(32-3)9-6-19/h4-9,14-15,21H,10-13,16H2,1-3H3,(H,26,29)/t21-/m1/s1. The molecule has 1 N–H and O–H groups in total. The molecule has 0 bridgehead atoms. The summed E-state index contributed by atoms with van der Waals surface area (Å²) in [5, 5.41) is 7.49. The molecule has 0 saturated carbocycles. The van der Waals surface area contributed by atoms with Crippen LogP contribution in [-0.2, 0) is 16.3 Å². The van der Waals surface area contributed by atoms with Crippen LogP contribution in [0.4, 0.5) is 0 Å². The molecule has 1 aromatic heterocycles. The molecule has 174 valence electrons. The van der Waals surface area contributed by atoms with E-state index in [1.165, 1.54) is 5.56 Å². The van der Waals surface area contributed by atoms with Crippen molar-refractivity contribution >= 4 is 15.7 Å². The van der Waals surface area contributed by atoms with Crippen molar-refractivity contribution in [1.29, 1.82) is 0 Å². The van der Waals surface area contributed by atoms with Gasteiger partial charge in [0.2, 0.25) is 0 Å². The highest BCUT2D eigenvalue weighted by Crippen LogP contribution is 2.31. The SMILES string of the molecule is COc1ccc(CCNC(=O)c2cc(-c3ccc(C)c(C)c3)n([C@@H]3CCS(=O)(=O)C3)n2)cc1. The highest BCUT2D eigenvalue weighted by atomic mass is 32.2. The molecule has 1 fully saturated rings. The Kier molecular flexibility index (Phi) is 6.56. The molecule has 0 aliphatic carbocycles. The van der Waals surface area contributed by atoms with Crippen molar-refractivity contribution in [2.24, 2.45) is 0 Å². The summed E-state index contributed by atoms with van der Waals surface area (Å²) in [6.45, 7) is 4.54. The lowest BCUT2D eigenvalue weighted by atomic mass is 10.0. The van der Waals surface area contributed by atoms with Gasteiger partial charge in [0.05, 0.1) is 30.4 Å². The van der Waals surface area contributed by atoms with Crippen LogP contribution in [0.1, 0.15) is 39.6 Å². The topological polar surface area (TPSA) is 90.3 Å². The molecular weight excluding hydrogens is 438 g/mol. The Morgan fingerprint density at radius 2 is 1.88 bits per heavy atom. The Labute approximate surface area is 194 Å². The van der Waals surface area contributed by atoms with Crippen molar-refractivity contribution in [2.45, 2.75) is 32.7 Å². The van der Waals surface area contributed by atoms with E-state index in [-0.39, 0.29) is 23.5 Å². The zero-order chi connectivity index (χ0) is 23.6. The van der Waals surface area contributed by atoms with E-state index in [1.54, 1.807) is 17.9 Å². The monoisotopic (exact) mass is 467 g/mol. The Bertz CT molecular complexity index is 1260. The molecular formula is C25H29N3O4S. The Morgan fingerprint density at radius 3 is 2.52 bits per heavy atom. The average molecular weight is 468 g/mol. The van der Waals surface area contributed by atoms with E-state index in [9.17, 15) is 13.2 Å². The third-order valence-corrected chi connectivity index (χ3v) is 7.93. The van der Waals surface area contributed by atoms with Gasteiger partial charge in [-0.2, -0.15) is 5.10 Å². The number of carbonyl (C=O) groups is 1. The maximum absolute atomic E-state index is 12.9. The lowest BCUT2D eigenvalue weighted by Crippen LogP contribution is -2.26. The molecule has 0 radical (unpaired) electrons. The Balaban J connectivity index is 1.54. The molecule has 2 aromatic carbocycles. The van der Waals surface area contributed by atoms with Gasteiger partial charge in [-0.3, -0.25) is 9.48 Å². The number of aryl methyl sites for hydroxylation is 2. The first kappa shape index (κ1) is 23.0. The van der Waals surface area contributed by atoms with Crippen molar-refractivity contribution in [3.05, 3.63) is 70.9 Å². The summed E-state index contributed by atoms with van der Waals surface area (Å²) in [5.41, 5.74) is 5.37. The van der Waals surface area contributed by atoms with Crippen LogP contribution < -0.4 is 10.1 Å². The van der Waals surface area contributed by atoms with Crippen LogP contribution in [-0.4, -0.2) is 49.3 Å². The molecule has 1 atom stereocenters. The molecule has 8 heteroatoms. The van der Waals surface area contributed by atoms with Crippen LogP contribution in [0.25, 0.3) is 11.3 Å². The molecule has 1 aliphatic rings. The van der Waals surface area contributed by atoms with Crippen molar-refractivity contribution in [3.8, 4) is 17.0 Å². The minimum Gasteiger partial charge on any atom is -0.497 e. The quantitative estimate of drug-likeness (QED) is 0.574. The molecule has 3 aromatic rings. The number of amides is 1. The van der Waals surface area contributed by atoms with E-state index in [2.05, 4.69) is 16.5 Å². The van der Waals surface area contributed by atoms with Gasteiger partial charge in [-0.15, -0.1) is 0 Å². The number of methoxy groups -OCH3 is 1. The first-order chi connectivity index (χ1) is 15.8. The van der Waals surface area contributed by atoms with Crippen LogP contribution in [0.15, 0.2) is 48.5 Å². The smallest absolute Gasteiger partial charge is 0.271 e. The predicted molar refractivity (Wildman–Crippen MR) is 128 cm³/mol. The molecule has 1 amide bonds. The molecule has 7 nitrogen and oxygen atoms in total. The number of ether oxygens (including phenoxy) is 1. The third-order valence-electron chi connectivity index (χ3n) is 6.18. The van der Waals surface area contributed by atoms with E-state index < -0.39 is 9.84 Å². The third kappa shape index (κ3) is 5.27. The molecule has 0 spiro atoms. The van der Waals surface area contributed by atoms with Crippen molar-refractivity contribution in [2.75, 3.05) is 25.2 Å². The number of sulfone groups is 1. The lowest BCUT2D eigenvalue weighted by molar-refractivity contribution is 0.0948. The lowest BCUT2D eigenvalue weighted by Gasteiger charge is -2.14. The summed E-state index contributed by atoms with van der Waals surface area (Å²) in [5.74, 6) is 0.715. The maximum Gasteiger partial charge on any atom is 0.271 e. The molecule has 4 rings (SSSR count). The summed E-state index contributed by atoms with van der Waals surface area (Å²) < 4.78 is 31.1. The van der Waals surface area contributed by atoms with Crippen LogP contribution in [0, 0.1) is 13.8 Å². The maximum atomic E-state index is 12.9. The fraction of sp³-hybridized carbons (Fsp3) is 0.360. The summed E-state index contributed by atoms with van der Waals surface area (Å²) in [6, 6.07) is 15.3. The fourth-order valence-electron chi connectivity index (χ4n) is 4.07. The fourth-order valence-corrected chi connectivity index (χ4v) is 5.76. The largest absolute Gasteiger partial charge is 0.497 e. The number of nitrogens with one attached hydrogen (secondary N) is 1. The normalized spacial score (nSPS) is 17.1. The summed E-state index contributed by atoms with van der Waals surface area (Å²) >= 11 is 0. The summed E-state index contributed by atoms with van der Waals surface area (Å²) in [4.78, 5) is 12.9.